The maximum atomic E-state index is 11.4. The second kappa shape index (κ2) is 5.19. The lowest BCUT2D eigenvalue weighted by Gasteiger charge is -2.08. The standard InChI is InChI=1S/C12H10ClN3O3/c1-7-4-11(15-12(17)6-13)9-5-8(16(18)19)2-3-10(9)14-7/h2-5H,6H2,1H3,(H,14,15,17). The number of halogens is 1. The van der Waals surface area contributed by atoms with E-state index in [-0.39, 0.29) is 17.5 Å². The summed E-state index contributed by atoms with van der Waals surface area (Å²) in [5, 5.41) is 13.9. The molecule has 7 heteroatoms. The number of rotatable bonds is 3. The summed E-state index contributed by atoms with van der Waals surface area (Å²) in [6.07, 6.45) is 0. The second-order valence-corrected chi connectivity index (χ2v) is 4.22. The Kier molecular flexibility index (Phi) is 3.62. The minimum atomic E-state index is -0.494. The Morgan fingerprint density at radius 1 is 1.47 bits per heavy atom. The minimum Gasteiger partial charge on any atom is -0.324 e. The van der Waals surface area contributed by atoms with E-state index in [1.54, 1.807) is 19.1 Å². The van der Waals surface area contributed by atoms with E-state index in [1.807, 2.05) is 0 Å². The van der Waals surface area contributed by atoms with Gasteiger partial charge in [-0.15, -0.1) is 11.6 Å². The molecule has 0 bridgehead atoms. The van der Waals surface area contributed by atoms with Crippen molar-refractivity contribution in [2.45, 2.75) is 6.92 Å². The van der Waals surface area contributed by atoms with Crippen molar-refractivity contribution in [3.8, 4) is 0 Å². The van der Waals surface area contributed by atoms with Gasteiger partial charge in [0.2, 0.25) is 5.91 Å². The molecule has 6 nitrogen and oxygen atoms in total. The first-order valence-corrected chi connectivity index (χ1v) is 5.96. The molecule has 2 rings (SSSR count). The third kappa shape index (κ3) is 2.79. The molecule has 0 saturated heterocycles. The first-order chi connectivity index (χ1) is 9.01. The van der Waals surface area contributed by atoms with Crippen molar-refractivity contribution in [2.24, 2.45) is 0 Å². The molecule has 1 heterocycles. The van der Waals surface area contributed by atoms with Gasteiger partial charge in [-0.3, -0.25) is 19.9 Å². The van der Waals surface area contributed by atoms with E-state index in [0.29, 0.717) is 22.3 Å². The molecule has 1 N–H and O–H groups in total. The number of non-ortho nitro benzene ring substituents is 1. The number of pyridine rings is 1. The zero-order chi connectivity index (χ0) is 14.0. The topological polar surface area (TPSA) is 85.1 Å². The van der Waals surface area contributed by atoms with Crippen LogP contribution in [-0.2, 0) is 4.79 Å². The molecule has 19 heavy (non-hydrogen) atoms. The van der Waals surface area contributed by atoms with Crippen LogP contribution in [0.2, 0.25) is 0 Å². The van der Waals surface area contributed by atoms with Crippen LogP contribution in [0.1, 0.15) is 5.69 Å². The number of amides is 1. The summed E-state index contributed by atoms with van der Waals surface area (Å²) >= 11 is 5.44. The number of nitrogens with one attached hydrogen (secondary N) is 1. The van der Waals surface area contributed by atoms with Crippen LogP contribution >= 0.6 is 11.6 Å². The highest BCUT2D eigenvalue weighted by molar-refractivity contribution is 6.29. The quantitative estimate of drug-likeness (QED) is 0.532. The Hall–Kier alpha value is -2.21. The van der Waals surface area contributed by atoms with Gasteiger partial charge in [-0.25, -0.2) is 0 Å². The third-order valence-electron chi connectivity index (χ3n) is 2.53. The lowest BCUT2D eigenvalue weighted by molar-refractivity contribution is -0.384. The van der Waals surface area contributed by atoms with Crippen LogP contribution in [0.4, 0.5) is 11.4 Å². The summed E-state index contributed by atoms with van der Waals surface area (Å²) in [5.74, 6) is -0.558. The van der Waals surface area contributed by atoms with Gasteiger partial charge in [-0.1, -0.05) is 0 Å². The predicted molar refractivity (Wildman–Crippen MR) is 72.5 cm³/mol. The molecule has 0 radical (unpaired) electrons. The number of nitro benzene ring substituents is 1. The molecule has 1 aromatic heterocycles. The fourth-order valence-electron chi connectivity index (χ4n) is 1.75. The van der Waals surface area contributed by atoms with Crippen molar-refractivity contribution in [1.82, 2.24) is 4.98 Å². The summed E-state index contributed by atoms with van der Waals surface area (Å²) < 4.78 is 0. The molecular weight excluding hydrogens is 270 g/mol. The van der Waals surface area contributed by atoms with Crippen LogP contribution in [0.3, 0.4) is 0 Å². The number of anilines is 1. The molecular formula is C12H10ClN3O3. The van der Waals surface area contributed by atoms with Crippen molar-refractivity contribution in [3.63, 3.8) is 0 Å². The number of nitrogens with zero attached hydrogens (tertiary/aromatic N) is 2. The van der Waals surface area contributed by atoms with Crippen LogP contribution in [0.5, 0.6) is 0 Å². The highest BCUT2D eigenvalue weighted by atomic mass is 35.5. The van der Waals surface area contributed by atoms with Crippen LogP contribution in [0.15, 0.2) is 24.3 Å². The summed E-state index contributed by atoms with van der Waals surface area (Å²) in [4.78, 5) is 25.9. The van der Waals surface area contributed by atoms with Gasteiger partial charge in [-0.2, -0.15) is 0 Å². The lowest BCUT2D eigenvalue weighted by atomic mass is 10.1. The highest BCUT2D eigenvalue weighted by Crippen LogP contribution is 2.27. The molecule has 0 aliphatic heterocycles. The van der Waals surface area contributed by atoms with E-state index in [2.05, 4.69) is 10.3 Å². The number of hydrogen-bond acceptors (Lipinski definition) is 4. The molecule has 2 aromatic rings. The van der Waals surface area contributed by atoms with E-state index < -0.39 is 4.92 Å². The van der Waals surface area contributed by atoms with Crippen LogP contribution in [0.25, 0.3) is 10.9 Å². The predicted octanol–water partition coefficient (Wildman–Crippen LogP) is 2.63. The maximum absolute atomic E-state index is 11.4. The number of benzene rings is 1. The average molecular weight is 280 g/mol. The highest BCUT2D eigenvalue weighted by Gasteiger charge is 2.12. The molecule has 98 valence electrons. The summed E-state index contributed by atoms with van der Waals surface area (Å²) in [6.45, 7) is 1.78. The van der Waals surface area contributed by atoms with E-state index in [0.717, 1.165) is 0 Å². The van der Waals surface area contributed by atoms with Crippen LogP contribution < -0.4 is 5.32 Å². The lowest BCUT2D eigenvalue weighted by Crippen LogP contribution is -2.13. The summed E-state index contributed by atoms with van der Waals surface area (Å²) in [5.41, 5.74) is 1.69. The van der Waals surface area contributed by atoms with Crippen LogP contribution in [0, 0.1) is 17.0 Å². The SMILES string of the molecule is Cc1cc(NC(=O)CCl)c2cc([N+](=O)[O-])ccc2n1. The zero-order valence-electron chi connectivity index (χ0n) is 10.0. The Bertz CT molecular complexity index is 673. The van der Waals surface area contributed by atoms with E-state index >= 15 is 0 Å². The molecule has 1 aromatic carbocycles. The number of carbonyl (C=O) groups is 1. The van der Waals surface area contributed by atoms with Crippen LogP contribution in [-0.4, -0.2) is 21.7 Å². The molecule has 0 fully saturated rings. The Morgan fingerprint density at radius 3 is 2.84 bits per heavy atom. The molecule has 0 saturated carbocycles. The van der Waals surface area contributed by atoms with Gasteiger partial charge in [-0.05, 0) is 19.1 Å². The number of aryl methyl sites for hydroxylation is 1. The van der Waals surface area contributed by atoms with E-state index in [4.69, 9.17) is 11.6 Å². The largest absolute Gasteiger partial charge is 0.324 e. The van der Waals surface area contributed by atoms with E-state index in [1.165, 1.54) is 12.1 Å². The zero-order valence-corrected chi connectivity index (χ0v) is 10.8. The first-order valence-electron chi connectivity index (χ1n) is 5.43. The monoisotopic (exact) mass is 279 g/mol. The molecule has 0 aliphatic carbocycles. The number of carbonyl (C=O) groups excluding carboxylic acids is 1. The Morgan fingerprint density at radius 2 is 2.21 bits per heavy atom. The van der Waals surface area contributed by atoms with Crippen molar-refractivity contribution >= 4 is 39.8 Å². The summed E-state index contributed by atoms with van der Waals surface area (Å²) in [7, 11) is 0. The van der Waals surface area contributed by atoms with Gasteiger partial charge in [0.15, 0.2) is 0 Å². The number of hydrogen-bond donors (Lipinski definition) is 1. The van der Waals surface area contributed by atoms with Gasteiger partial charge < -0.3 is 5.32 Å². The smallest absolute Gasteiger partial charge is 0.270 e. The fourth-order valence-corrected chi connectivity index (χ4v) is 1.81. The average Bonchev–Trinajstić information content (AvgIpc) is 2.37. The molecule has 0 spiro atoms. The molecule has 0 atom stereocenters. The Labute approximate surface area is 113 Å². The van der Waals surface area contributed by atoms with Gasteiger partial charge in [0.1, 0.15) is 5.88 Å². The van der Waals surface area contributed by atoms with E-state index in [9.17, 15) is 14.9 Å². The first kappa shape index (κ1) is 13.2. The number of fused-ring (bicyclic) bond motifs is 1. The Balaban J connectivity index is 2.62. The number of aromatic nitrogens is 1. The van der Waals surface area contributed by atoms with Crippen molar-refractivity contribution in [1.29, 1.82) is 0 Å². The molecule has 1 amide bonds. The van der Waals surface area contributed by atoms with Gasteiger partial charge in [0, 0.05) is 23.2 Å². The van der Waals surface area contributed by atoms with Crippen molar-refractivity contribution < 1.29 is 9.72 Å². The van der Waals surface area contributed by atoms with Gasteiger partial charge in [0.05, 0.1) is 16.1 Å². The van der Waals surface area contributed by atoms with Crippen molar-refractivity contribution in [2.75, 3.05) is 11.2 Å². The fraction of sp³-hybridized carbons (Fsp3) is 0.167. The van der Waals surface area contributed by atoms with Gasteiger partial charge >= 0.3 is 0 Å². The third-order valence-corrected chi connectivity index (χ3v) is 2.77. The minimum absolute atomic E-state index is 0.0560. The molecule has 0 aliphatic rings. The second-order valence-electron chi connectivity index (χ2n) is 3.95. The maximum Gasteiger partial charge on any atom is 0.270 e. The van der Waals surface area contributed by atoms with Gasteiger partial charge in [0.25, 0.3) is 5.69 Å². The molecule has 0 unspecified atom stereocenters. The normalized spacial score (nSPS) is 10.4. The number of alkyl halides is 1. The number of nitro groups is 1. The summed E-state index contributed by atoms with van der Waals surface area (Å²) in [6, 6.07) is 5.96. The van der Waals surface area contributed by atoms with Crippen molar-refractivity contribution in [3.05, 3.63) is 40.1 Å².